The lowest BCUT2D eigenvalue weighted by molar-refractivity contribution is 0.727. The lowest BCUT2D eigenvalue weighted by Crippen LogP contribution is -2.13. The molecule has 0 unspecified atom stereocenters. The molecule has 4 aromatic rings. The molecule has 0 aliphatic rings. The number of hydrogen-bond donors (Lipinski definition) is 0. The maximum Gasteiger partial charge on any atom is -0.00551 e. The third kappa shape index (κ3) is 6.62. The second-order valence-electron chi connectivity index (χ2n) is 7.90. The largest absolute Gasteiger partial charge is 0.0622 e. The molecule has 4 aromatic carbocycles. The number of rotatable bonds is 11. The Morgan fingerprint density at radius 2 is 0.844 bits per heavy atom. The Bertz CT molecular complexity index is 851. The molecule has 1 radical (unpaired) electrons. The lowest BCUT2D eigenvalue weighted by atomic mass is 10.2. The van der Waals surface area contributed by atoms with E-state index in [1.165, 1.54) is 53.1 Å². The first kappa shape index (κ1) is 22.9. The Balaban J connectivity index is 1.31. The summed E-state index contributed by atoms with van der Waals surface area (Å²) in [4.78, 5) is 0. The van der Waals surface area contributed by atoms with Gasteiger partial charge < -0.3 is 0 Å². The van der Waals surface area contributed by atoms with Gasteiger partial charge in [-0.2, -0.15) is 0 Å². The molecule has 0 spiro atoms. The van der Waals surface area contributed by atoms with Gasteiger partial charge in [-0.05, 0) is 62.2 Å². The van der Waals surface area contributed by atoms with E-state index in [0.717, 1.165) is 0 Å². The highest BCUT2D eigenvalue weighted by molar-refractivity contribution is 7.75. The second kappa shape index (κ2) is 12.7. The minimum atomic E-state index is -0.377. The smallest absolute Gasteiger partial charge is 0.00551 e. The monoisotopic (exact) mass is 453 g/mol. The van der Waals surface area contributed by atoms with Crippen LogP contribution in [0.1, 0.15) is 25.7 Å². The fourth-order valence-corrected chi connectivity index (χ4v) is 8.54. The Morgan fingerprint density at radius 1 is 0.438 bits per heavy atom. The molecule has 0 bridgehead atoms. The van der Waals surface area contributed by atoms with E-state index >= 15 is 0 Å². The first-order valence-electron chi connectivity index (χ1n) is 11.5. The molecule has 0 aromatic heterocycles. The Kier molecular flexibility index (Phi) is 9.09. The van der Waals surface area contributed by atoms with Gasteiger partial charge in [-0.15, -0.1) is 0 Å². The fourth-order valence-electron chi connectivity index (χ4n) is 3.97. The van der Waals surface area contributed by atoms with Crippen molar-refractivity contribution >= 4 is 37.1 Å². The highest BCUT2D eigenvalue weighted by Gasteiger charge is 2.14. The zero-order chi connectivity index (χ0) is 21.8. The van der Waals surface area contributed by atoms with Crippen molar-refractivity contribution < 1.29 is 0 Å². The van der Waals surface area contributed by atoms with Crippen molar-refractivity contribution in [2.24, 2.45) is 0 Å². The van der Waals surface area contributed by atoms with Crippen LogP contribution in [0.2, 0.25) is 0 Å². The third-order valence-electron chi connectivity index (χ3n) is 5.60. The summed E-state index contributed by atoms with van der Waals surface area (Å²) < 4.78 is 0. The van der Waals surface area contributed by atoms with Crippen molar-refractivity contribution in [2.45, 2.75) is 25.7 Å². The van der Waals surface area contributed by atoms with Crippen LogP contribution in [0.3, 0.4) is 0 Å². The third-order valence-corrected chi connectivity index (χ3v) is 10.5. The molecular weight excluding hydrogens is 422 g/mol. The summed E-state index contributed by atoms with van der Waals surface area (Å²) in [6.07, 6.45) is 8.89. The van der Waals surface area contributed by atoms with Gasteiger partial charge in [0.25, 0.3) is 0 Å². The topological polar surface area (TPSA) is 0 Å². The van der Waals surface area contributed by atoms with E-state index in [2.05, 4.69) is 127 Å². The molecule has 0 aliphatic heterocycles. The summed E-state index contributed by atoms with van der Waals surface area (Å²) in [5.74, 6) is 0. The van der Waals surface area contributed by atoms with Crippen LogP contribution in [0.5, 0.6) is 0 Å². The molecule has 0 atom stereocenters. The Hall–Kier alpha value is -2.26. The van der Waals surface area contributed by atoms with Crippen molar-refractivity contribution in [2.75, 3.05) is 6.16 Å². The summed E-state index contributed by atoms with van der Waals surface area (Å²) >= 11 is 0. The van der Waals surface area contributed by atoms with Gasteiger partial charge in [0.15, 0.2) is 0 Å². The van der Waals surface area contributed by atoms with Crippen LogP contribution in [0.25, 0.3) is 0 Å². The molecule has 0 amide bonds. The number of hydrogen-bond acceptors (Lipinski definition) is 0. The molecule has 0 heterocycles. The molecule has 0 fully saturated rings. The zero-order valence-corrected chi connectivity index (χ0v) is 20.3. The first-order valence-corrected chi connectivity index (χ1v) is 14.5. The van der Waals surface area contributed by atoms with E-state index in [9.17, 15) is 0 Å². The average Bonchev–Trinajstić information content (AvgIpc) is 2.88. The predicted molar refractivity (Wildman–Crippen MR) is 146 cm³/mol. The van der Waals surface area contributed by atoms with Crippen LogP contribution in [0.4, 0.5) is 0 Å². The predicted octanol–water partition coefficient (Wildman–Crippen LogP) is 6.97. The molecule has 32 heavy (non-hydrogen) atoms. The highest BCUT2D eigenvalue weighted by atomic mass is 31.1. The van der Waals surface area contributed by atoms with Crippen LogP contribution in [-0.2, 0) is 0 Å². The maximum atomic E-state index is 2.58. The molecule has 161 valence electrons. The summed E-state index contributed by atoms with van der Waals surface area (Å²) in [5.41, 5.74) is 0. The van der Waals surface area contributed by atoms with Crippen molar-refractivity contribution in [1.82, 2.24) is 0 Å². The average molecular weight is 454 g/mol. The summed E-state index contributed by atoms with van der Waals surface area (Å²) in [5, 5.41) is 5.89. The zero-order valence-electron chi connectivity index (χ0n) is 18.6. The van der Waals surface area contributed by atoms with Crippen LogP contribution in [0, 0.1) is 6.16 Å². The SMILES string of the molecule is [CH](CCCCCP(c1ccccc1)c1ccccc1)P(c1ccccc1)c1ccccc1. The van der Waals surface area contributed by atoms with Crippen LogP contribution >= 0.6 is 15.8 Å². The van der Waals surface area contributed by atoms with E-state index in [4.69, 9.17) is 0 Å². The van der Waals surface area contributed by atoms with Gasteiger partial charge >= 0.3 is 0 Å². The molecule has 0 N–H and O–H groups in total. The number of unbranched alkanes of at least 4 members (excludes halogenated alkanes) is 3. The highest BCUT2D eigenvalue weighted by Crippen LogP contribution is 2.39. The van der Waals surface area contributed by atoms with Gasteiger partial charge in [-0.25, -0.2) is 0 Å². The standard InChI is InChI=1S/C30H31P2/c1(15-25-31(27-17-7-3-8-18-27)28-19-9-4-10-20-28)2-16-26-32(29-21-11-5-12-22-29)30-23-13-6-14-24-30/h3-14,17-25H,1-2,15-16,26H2. The quantitative estimate of drug-likeness (QED) is 0.170. The molecule has 4 rings (SSSR count). The van der Waals surface area contributed by atoms with Crippen LogP contribution < -0.4 is 21.2 Å². The van der Waals surface area contributed by atoms with Gasteiger partial charge in [0.05, 0.1) is 0 Å². The molecule has 0 nitrogen and oxygen atoms in total. The Morgan fingerprint density at radius 3 is 1.28 bits per heavy atom. The summed E-state index contributed by atoms with van der Waals surface area (Å²) in [6.45, 7) is 0. The number of benzene rings is 4. The van der Waals surface area contributed by atoms with Gasteiger partial charge in [0.2, 0.25) is 0 Å². The molecule has 2 heteroatoms. The lowest BCUT2D eigenvalue weighted by Gasteiger charge is -2.19. The molecule has 0 saturated carbocycles. The van der Waals surface area contributed by atoms with Gasteiger partial charge in [-0.1, -0.05) is 134 Å². The minimum absolute atomic E-state index is 0.263. The van der Waals surface area contributed by atoms with Crippen molar-refractivity contribution in [1.29, 1.82) is 0 Å². The van der Waals surface area contributed by atoms with Crippen molar-refractivity contribution in [3.8, 4) is 0 Å². The molecule has 0 aliphatic carbocycles. The minimum Gasteiger partial charge on any atom is -0.0622 e. The summed E-state index contributed by atoms with van der Waals surface area (Å²) in [6, 6.07) is 44.2. The Labute approximate surface area is 196 Å². The first-order chi connectivity index (χ1) is 15.9. The maximum absolute atomic E-state index is 2.58. The van der Waals surface area contributed by atoms with Gasteiger partial charge in [0.1, 0.15) is 0 Å². The van der Waals surface area contributed by atoms with Gasteiger partial charge in [0, 0.05) is 0 Å². The molecular formula is C30H31P2. The van der Waals surface area contributed by atoms with E-state index < -0.39 is 0 Å². The summed E-state index contributed by atoms with van der Waals surface area (Å²) in [7, 11) is -0.640. The van der Waals surface area contributed by atoms with Crippen LogP contribution in [0.15, 0.2) is 121 Å². The normalized spacial score (nSPS) is 11.2. The second-order valence-corrected chi connectivity index (χ2v) is 12.4. The van der Waals surface area contributed by atoms with E-state index in [1.54, 1.807) is 0 Å². The van der Waals surface area contributed by atoms with Gasteiger partial charge in [-0.3, -0.25) is 0 Å². The van der Waals surface area contributed by atoms with Crippen molar-refractivity contribution in [3.05, 3.63) is 127 Å². The van der Waals surface area contributed by atoms with Crippen molar-refractivity contribution in [3.63, 3.8) is 0 Å². The van der Waals surface area contributed by atoms with E-state index in [-0.39, 0.29) is 15.8 Å². The van der Waals surface area contributed by atoms with E-state index in [0.29, 0.717) is 0 Å². The molecule has 0 saturated heterocycles. The van der Waals surface area contributed by atoms with E-state index in [1.807, 2.05) is 0 Å². The van der Waals surface area contributed by atoms with Crippen LogP contribution in [-0.4, -0.2) is 6.16 Å². The fraction of sp³-hybridized carbons (Fsp3) is 0.167.